The molecule has 1 rings (SSSR count). The van der Waals surface area contributed by atoms with Crippen LogP contribution >= 0.6 is 11.6 Å². The molecule has 84 valence electrons. The molecule has 1 aromatic carbocycles. The van der Waals surface area contributed by atoms with E-state index in [0.717, 1.165) is 11.1 Å². The van der Waals surface area contributed by atoms with Crippen molar-refractivity contribution in [1.29, 1.82) is 0 Å². The van der Waals surface area contributed by atoms with Crippen molar-refractivity contribution in [2.45, 2.75) is 12.8 Å². The highest BCUT2D eigenvalue weighted by molar-refractivity contribution is 6.17. The summed E-state index contributed by atoms with van der Waals surface area (Å²) in [5, 5.41) is 0. The van der Waals surface area contributed by atoms with E-state index >= 15 is 0 Å². The minimum Gasteiger partial charge on any atom is -0.493 e. The first-order chi connectivity index (χ1) is 7.19. The van der Waals surface area contributed by atoms with E-state index in [9.17, 15) is 0 Å². The minimum atomic E-state index is 0.384. The Morgan fingerprint density at radius 3 is 2.07 bits per heavy atom. The van der Waals surface area contributed by atoms with Gasteiger partial charge in [0.1, 0.15) is 0 Å². The van der Waals surface area contributed by atoms with Crippen LogP contribution in [0.2, 0.25) is 0 Å². The predicted molar refractivity (Wildman–Crippen MR) is 60.4 cm³/mol. The lowest BCUT2D eigenvalue weighted by Crippen LogP contribution is -2.00. The lowest BCUT2D eigenvalue weighted by atomic mass is 10.1. The zero-order chi connectivity index (χ0) is 11.4. The van der Waals surface area contributed by atoms with Crippen LogP contribution in [-0.4, -0.2) is 21.3 Å². The maximum Gasteiger partial charge on any atom is 0.203 e. The summed E-state index contributed by atoms with van der Waals surface area (Å²) in [6.07, 6.45) is 0. The summed E-state index contributed by atoms with van der Waals surface area (Å²) in [4.78, 5) is 0. The van der Waals surface area contributed by atoms with Crippen molar-refractivity contribution in [3.8, 4) is 17.2 Å². The summed E-state index contributed by atoms with van der Waals surface area (Å²) in [5.74, 6) is 2.27. The molecule has 0 saturated heterocycles. The topological polar surface area (TPSA) is 27.7 Å². The molecule has 0 aliphatic rings. The second kappa shape index (κ2) is 5.12. The van der Waals surface area contributed by atoms with Gasteiger partial charge in [-0.05, 0) is 18.6 Å². The van der Waals surface area contributed by atoms with Crippen molar-refractivity contribution >= 4 is 11.6 Å². The molecular weight excluding hydrogens is 216 g/mol. The van der Waals surface area contributed by atoms with E-state index in [1.54, 1.807) is 21.3 Å². The summed E-state index contributed by atoms with van der Waals surface area (Å²) in [6.45, 7) is 1.96. The smallest absolute Gasteiger partial charge is 0.203 e. The number of ether oxygens (including phenoxy) is 3. The molecule has 0 N–H and O–H groups in total. The Morgan fingerprint density at radius 1 is 1.07 bits per heavy atom. The highest BCUT2D eigenvalue weighted by atomic mass is 35.5. The fourth-order valence-corrected chi connectivity index (χ4v) is 1.84. The minimum absolute atomic E-state index is 0.384. The van der Waals surface area contributed by atoms with Crippen LogP contribution in [-0.2, 0) is 5.88 Å². The van der Waals surface area contributed by atoms with Crippen LogP contribution in [0.3, 0.4) is 0 Å². The molecule has 0 atom stereocenters. The van der Waals surface area contributed by atoms with Crippen molar-refractivity contribution in [3.05, 3.63) is 17.2 Å². The molecule has 1 aromatic rings. The quantitative estimate of drug-likeness (QED) is 0.745. The highest BCUT2D eigenvalue weighted by Gasteiger charge is 2.17. The Balaban J connectivity index is 3.44. The van der Waals surface area contributed by atoms with Crippen LogP contribution in [0, 0.1) is 6.92 Å². The van der Waals surface area contributed by atoms with Gasteiger partial charge in [0.05, 0.1) is 27.2 Å². The molecule has 0 bridgehead atoms. The summed E-state index contributed by atoms with van der Waals surface area (Å²) < 4.78 is 15.8. The predicted octanol–water partition coefficient (Wildman–Crippen LogP) is 2.76. The maximum absolute atomic E-state index is 5.86. The Bertz CT molecular complexity index is 350. The number of hydrogen-bond acceptors (Lipinski definition) is 3. The summed E-state index contributed by atoms with van der Waals surface area (Å²) in [7, 11) is 4.76. The SMILES string of the molecule is COc1cc(C)c(CCl)c(OC)c1OC. The molecule has 0 amide bonds. The van der Waals surface area contributed by atoms with Gasteiger partial charge in [0.15, 0.2) is 11.5 Å². The normalized spacial score (nSPS) is 9.93. The van der Waals surface area contributed by atoms with Gasteiger partial charge in [0.2, 0.25) is 5.75 Å². The molecule has 0 unspecified atom stereocenters. The maximum atomic E-state index is 5.86. The van der Waals surface area contributed by atoms with Crippen molar-refractivity contribution in [3.63, 3.8) is 0 Å². The molecule has 0 fully saturated rings. The third-order valence-electron chi connectivity index (χ3n) is 2.29. The molecule has 0 heterocycles. The average molecular weight is 231 g/mol. The summed E-state index contributed by atoms with van der Waals surface area (Å²) >= 11 is 5.86. The van der Waals surface area contributed by atoms with Gasteiger partial charge in [-0.1, -0.05) is 0 Å². The van der Waals surface area contributed by atoms with Gasteiger partial charge in [-0.15, -0.1) is 11.6 Å². The van der Waals surface area contributed by atoms with E-state index in [1.165, 1.54) is 0 Å². The van der Waals surface area contributed by atoms with Gasteiger partial charge >= 0.3 is 0 Å². The zero-order valence-electron chi connectivity index (χ0n) is 9.39. The monoisotopic (exact) mass is 230 g/mol. The molecule has 0 aliphatic carbocycles. The molecule has 4 heteroatoms. The van der Waals surface area contributed by atoms with Crippen molar-refractivity contribution in [2.75, 3.05) is 21.3 Å². The number of methoxy groups -OCH3 is 3. The van der Waals surface area contributed by atoms with Gasteiger partial charge in [-0.2, -0.15) is 0 Å². The lowest BCUT2D eigenvalue weighted by molar-refractivity contribution is 0.322. The average Bonchev–Trinajstić information content (AvgIpc) is 2.27. The molecule has 0 saturated carbocycles. The second-order valence-electron chi connectivity index (χ2n) is 3.07. The Kier molecular flexibility index (Phi) is 4.09. The fraction of sp³-hybridized carbons (Fsp3) is 0.455. The van der Waals surface area contributed by atoms with Crippen LogP contribution < -0.4 is 14.2 Å². The molecule has 0 aliphatic heterocycles. The van der Waals surface area contributed by atoms with E-state index in [-0.39, 0.29) is 0 Å². The van der Waals surface area contributed by atoms with Crippen LogP contribution in [0.15, 0.2) is 6.07 Å². The number of benzene rings is 1. The fourth-order valence-electron chi connectivity index (χ4n) is 1.50. The number of halogens is 1. The Hall–Kier alpha value is -1.09. The second-order valence-corrected chi connectivity index (χ2v) is 3.34. The third-order valence-corrected chi connectivity index (χ3v) is 2.56. The standard InChI is InChI=1S/C11H15ClO3/c1-7-5-9(13-2)11(15-4)10(14-3)8(7)6-12/h5H,6H2,1-4H3. The first kappa shape index (κ1) is 12.0. The summed E-state index contributed by atoms with van der Waals surface area (Å²) in [5.41, 5.74) is 1.95. The molecule has 15 heavy (non-hydrogen) atoms. The van der Waals surface area contributed by atoms with Gasteiger partial charge in [0, 0.05) is 5.56 Å². The van der Waals surface area contributed by atoms with Crippen LogP contribution in [0.1, 0.15) is 11.1 Å². The number of aryl methyl sites for hydroxylation is 1. The van der Waals surface area contributed by atoms with E-state index < -0.39 is 0 Å². The van der Waals surface area contributed by atoms with Gasteiger partial charge in [0.25, 0.3) is 0 Å². The van der Waals surface area contributed by atoms with Crippen LogP contribution in [0.4, 0.5) is 0 Å². The van der Waals surface area contributed by atoms with Crippen LogP contribution in [0.5, 0.6) is 17.2 Å². The van der Waals surface area contributed by atoms with Gasteiger partial charge in [-0.25, -0.2) is 0 Å². The van der Waals surface area contributed by atoms with Gasteiger partial charge < -0.3 is 14.2 Å². The number of alkyl halides is 1. The Morgan fingerprint density at radius 2 is 1.67 bits per heavy atom. The first-order valence-electron chi connectivity index (χ1n) is 4.54. The van der Waals surface area contributed by atoms with E-state index in [1.807, 2.05) is 13.0 Å². The summed E-state index contributed by atoms with van der Waals surface area (Å²) in [6, 6.07) is 1.89. The molecular formula is C11H15ClO3. The third kappa shape index (κ3) is 2.12. The zero-order valence-corrected chi connectivity index (χ0v) is 10.1. The molecule has 3 nitrogen and oxygen atoms in total. The number of rotatable bonds is 4. The van der Waals surface area contributed by atoms with Crippen molar-refractivity contribution in [2.24, 2.45) is 0 Å². The Labute approximate surface area is 94.9 Å². The first-order valence-corrected chi connectivity index (χ1v) is 5.07. The van der Waals surface area contributed by atoms with E-state index in [4.69, 9.17) is 25.8 Å². The molecule has 0 radical (unpaired) electrons. The lowest BCUT2D eigenvalue weighted by Gasteiger charge is -2.16. The van der Waals surface area contributed by atoms with E-state index in [0.29, 0.717) is 23.1 Å². The highest BCUT2D eigenvalue weighted by Crippen LogP contribution is 2.42. The van der Waals surface area contributed by atoms with Crippen molar-refractivity contribution < 1.29 is 14.2 Å². The van der Waals surface area contributed by atoms with Crippen molar-refractivity contribution in [1.82, 2.24) is 0 Å². The molecule has 0 aromatic heterocycles. The molecule has 0 spiro atoms. The van der Waals surface area contributed by atoms with E-state index in [2.05, 4.69) is 0 Å². The number of hydrogen-bond donors (Lipinski definition) is 0. The largest absolute Gasteiger partial charge is 0.493 e. The van der Waals surface area contributed by atoms with Gasteiger partial charge in [-0.3, -0.25) is 0 Å². The van der Waals surface area contributed by atoms with Crippen LogP contribution in [0.25, 0.3) is 0 Å².